The first-order valence-corrected chi connectivity index (χ1v) is 8.42. The van der Waals surface area contributed by atoms with E-state index in [0.717, 1.165) is 48.9 Å². The maximum absolute atomic E-state index is 11.2. The number of benzene rings is 1. The normalized spacial score (nSPS) is 18.5. The van der Waals surface area contributed by atoms with Gasteiger partial charge in [-0.2, -0.15) is 0 Å². The maximum atomic E-state index is 11.2. The molecule has 1 aliphatic heterocycles. The van der Waals surface area contributed by atoms with Gasteiger partial charge < -0.3 is 14.5 Å². The van der Waals surface area contributed by atoms with Gasteiger partial charge in [0.05, 0.1) is 19.3 Å². The van der Waals surface area contributed by atoms with Crippen molar-refractivity contribution in [3.63, 3.8) is 0 Å². The second kappa shape index (κ2) is 7.64. The molecule has 1 saturated heterocycles. The molecular formula is C19H24N2O3. The predicted molar refractivity (Wildman–Crippen MR) is 92.8 cm³/mol. The second-order valence-electron chi connectivity index (χ2n) is 6.10. The molecule has 0 aliphatic carbocycles. The number of aryl methyl sites for hydroxylation is 1. The molecule has 1 N–H and O–H groups in total. The molecule has 1 amide bonds. The molecule has 0 radical (unpaired) electrons. The Bertz CT molecular complexity index is 695. The van der Waals surface area contributed by atoms with Gasteiger partial charge in [-0.1, -0.05) is 19.1 Å². The third-order valence-corrected chi connectivity index (χ3v) is 4.23. The molecule has 1 aromatic carbocycles. The zero-order chi connectivity index (χ0) is 16.9. The van der Waals surface area contributed by atoms with E-state index in [-0.39, 0.29) is 11.9 Å². The average molecular weight is 328 g/mol. The Morgan fingerprint density at radius 3 is 2.96 bits per heavy atom. The lowest BCUT2D eigenvalue weighted by Crippen LogP contribution is -2.38. The number of ether oxygens (including phenoxy) is 1. The molecule has 0 spiro atoms. The smallest absolute Gasteiger partial charge is 0.221 e. The first kappa shape index (κ1) is 16.7. The van der Waals surface area contributed by atoms with Gasteiger partial charge in [0.1, 0.15) is 11.5 Å². The molecule has 1 aliphatic rings. The summed E-state index contributed by atoms with van der Waals surface area (Å²) in [6.07, 6.45) is 0.895. The van der Waals surface area contributed by atoms with Crippen LogP contribution < -0.4 is 5.32 Å². The number of morpholine rings is 1. The summed E-state index contributed by atoms with van der Waals surface area (Å²) in [5.41, 5.74) is 1.99. The number of hydrogen-bond donors (Lipinski definition) is 1. The summed E-state index contributed by atoms with van der Waals surface area (Å²) in [7, 11) is 0. The minimum Gasteiger partial charge on any atom is -0.464 e. The molecule has 128 valence electrons. The highest BCUT2D eigenvalue weighted by Gasteiger charge is 2.27. The van der Waals surface area contributed by atoms with E-state index in [2.05, 4.69) is 29.3 Å². The van der Waals surface area contributed by atoms with Gasteiger partial charge in [0.25, 0.3) is 0 Å². The van der Waals surface area contributed by atoms with E-state index >= 15 is 0 Å². The highest BCUT2D eigenvalue weighted by molar-refractivity contribution is 5.88. The summed E-state index contributed by atoms with van der Waals surface area (Å²) >= 11 is 0. The van der Waals surface area contributed by atoms with Gasteiger partial charge in [0.15, 0.2) is 0 Å². The number of carbonyl (C=O) groups excluding carboxylic acids is 1. The lowest BCUT2D eigenvalue weighted by atomic mass is 10.1. The van der Waals surface area contributed by atoms with E-state index in [1.54, 1.807) is 0 Å². The van der Waals surface area contributed by atoms with Crippen molar-refractivity contribution in [3.05, 3.63) is 53.5 Å². The van der Waals surface area contributed by atoms with Gasteiger partial charge in [0, 0.05) is 32.1 Å². The van der Waals surface area contributed by atoms with E-state index in [1.807, 2.05) is 24.3 Å². The van der Waals surface area contributed by atoms with Crippen LogP contribution in [0.3, 0.4) is 0 Å². The largest absolute Gasteiger partial charge is 0.464 e. The van der Waals surface area contributed by atoms with E-state index in [1.165, 1.54) is 6.92 Å². The van der Waals surface area contributed by atoms with Crippen molar-refractivity contribution < 1.29 is 13.9 Å². The fourth-order valence-electron chi connectivity index (χ4n) is 3.04. The van der Waals surface area contributed by atoms with Crippen LogP contribution in [0.1, 0.15) is 37.0 Å². The van der Waals surface area contributed by atoms with E-state index in [4.69, 9.17) is 9.15 Å². The molecule has 0 bridgehead atoms. The molecule has 1 fully saturated rings. The third kappa shape index (κ3) is 4.04. The molecule has 1 aromatic heterocycles. The van der Waals surface area contributed by atoms with Crippen LogP contribution >= 0.6 is 0 Å². The molecule has 5 heteroatoms. The topological polar surface area (TPSA) is 54.7 Å². The van der Waals surface area contributed by atoms with Gasteiger partial charge in [-0.3, -0.25) is 9.69 Å². The number of hydrogen-bond acceptors (Lipinski definition) is 4. The van der Waals surface area contributed by atoms with Crippen molar-refractivity contribution in [2.24, 2.45) is 0 Å². The first-order valence-electron chi connectivity index (χ1n) is 8.42. The SMILES string of the molecule is CCc1ccc(C2COCCN2Cc2cccc(NC(C)=O)c2)o1. The Morgan fingerprint density at radius 1 is 1.33 bits per heavy atom. The molecule has 2 aromatic rings. The Labute approximate surface area is 142 Å². The Kier molecular flexibility index (Phi) is 5.33. The van der Waals surface area contributed by atoms with E-state index < -0.39 is 0 Å². The minimum absolute atomic E-state index is 0.0564. The molecule has 1 unspecified atom stereocenters. The Morgan fingerprint density at radius 2 is 2.21 bits per heavy atom. The van der Waals surface area contributed by atoms with Crippen molar-refractivity contribution in [1.82, 2.24) is 4.90 Å². The average Bonchev–Trinajstić information content (AvgIpc) is 3.04. The summed E-state index contributed by atoms with van der Waals surface area (Å²) in [5.74, 6) is 1.91. The summed E-state index contributed by atoms with van der Waals surface area (Å²) < 4.78 is 11.6. The summed E-state index contributed by atoms with van der Waals surface area (Å²) in [6.45, 7) is 6.63. The lowest BCUT2D eigenvalue weighted by Gasteiger charge is -2.34. The lowest BCUT2D eigenvalue weighted by molar-refractivity contribution is -0.114. The molecular weight excluding hydrogens is 304 g/mol. The van der Waals surface area contributed by atoms with Gasteiger partial charge >= 0.3 is 0 Å². The molecule has 24 heavy (non-hydrogen) atoms. The number of carbonyl (C=O) groups is 1. The van der Waals surface area contributed by atoms with Crippen LogP contribution in [-0.4, -0.2) is 30.6 Å². The third-order valence-electron chi connectivity index (χ3n) is 4.23. The zero-order valence-electron chi connectivity index (χ0n) is 14.2. The Hall–Kier alpha value is -2.11. The van der Waals surface area contributed by atoms with Crippen LogP contribution in [-0.2, 0) is 22.5 Å². The summed E-state index contributed by atoms with van der Waals surface area (Å²) in [6, 6.07) is 12.2. The van der Waals surface area contributed by atoms with Gasteiger partial charge in [-0.15, -0.1) is 0 Å². The van der Waals surface area contributed by atoms with Crippen molar-refractivity contribution >= 4 is 11.6 Å². The van der Waals surface area contributed by atoms with E-state index in [0.29, 0.717) is 6.61 Å². The molecule has 5 nitrogen and oxygen atoms in total. The van der Waals surface area contributed by atoms with Crippen molar-refractivity contribution in [3.8, 4) is 0 Å². The standard InChI is InChI=1S/C19H24N2O3/c1-3-17-7-8-19(24-17)18-13-23-10-9-21(18)12-15-5-4-6-16(11-15)20-14(2)22/h4-8,11,18H,3,9-10,12-13H2,1-2H3,(H,20,22). The van der Waals surface area contributed by atoms with Gasteiger partial charge in [-0.25, -0.2) is 0 Å². The highest BCUT2D eigenvalue weighted by atomic mass is 16.5. The fraction of sp³-hybridized carbons (Fsp3) is 0.421. The van der Waals surface area contributed by atoms with Crippen LogP contribution in [0.25, 0.3) is 0 Å². The van der Waals surface area contributed by atoms with Crippen LogP contribution in [0.4, 0.5) is 5.69 Å². The van der Waals surface area contributed by atoms with Gasteiger partial charge in [0.2, 0.25) is 5.91 Å². The van der Waals surface area contributed by atoms with Crippen LogP contribution in [0.5, 0.6) is 0 Å². The molecule has 0 saturated carbocycles. The van der Waals surface area contributed by atoms with Crippen LogP contribution in [0.15, 0.2) is 40.8 Å². The number of amides is 1. The highest BCUT2D eigenvalue weighted by Crippen LogP contribution is 2.28. The Balaban J connectivity index is 1.75. The first-order chi connectivity index (χ1) is 11.7. The number of nitrogens with zero attached hydrogens (tertiary/aromatic N) is 1. The van der Waals surface area contributed by atoms with Crippen molar-refractivity contribution in [2.45, 2.75) is 32.9 Å². The van der Waals surface area contributed by atoms with Crippen molar-refractivity contribution in [2.75, 3.05) is 25.1 Å². The quantitative estimate of drug-likeness (QED) is 0.914. The number of nitrogens with one attached hydrogen (secondary N) is 1. The zero-order valence-corrected chi connectivity index (χ0v) is 14.2. The van der Waals surface area contributed by atoms with Crippen molar-refractivity contribution in [1.29, 1.82) is 0 Å². The summed E-state index contributed by atoms with van der Waals surface area (Å²) in [4.78, 5) is 13.6. The molecule has 3 rings (SSSR count). The number of furan rings is 1. The number of anilines is 1. The van der Waals surface area contributed by atoms with Gasteiger partial charge in [-0.05, 0) is 29.8 Å². The predicted octanol–water partition coefficient (Wildman–Crippen LogP) is 3.37. The van der Waals surface area contributed by atoms with E-state index in [9.17, 15) is 4.79 Å². The fourth-order valence-corrected chi connectivity index (χ4v) is 3.04. The maximum Gasteiger partial charge on any atom is 0.221 e. The monoisotopic (exact) mass is 328 g/mol. The molecule has 2 heterocycles. The second-order valence-corrected chi connectivity index (χ2v) is 6.10. The number of rotatable bonds is 5. The molecule has 1 atom stereocenters. The minimum atomic E-state index is -0.0564. The summed E-state index contributed by atoms with van der Waals surface area (Å²) in [5, 5.41) is 2.84. The van der Waals surface area contributed by atoms with Crippen LogP contribution in [0, 0.1) is 0 Å². The van der Waals surface area contributed by atoms with Crippen LogP contribution in [0.2, 0.25) is 0 Å².